The molecule has 0 aliphatic carbocycles. The minimum Gasteiger partial charge on any atom is -0.478 e. The number of carboxylic acids is 1. The lowest BCUT2D eigenvalue weighted by molar-refractivity contribution is -0.0263. The van der Waals surface area contributed by atoms with E-state index in [0.29, 0.717) is 26.1 Å². The van der Waals surface area contributed by atoms with Gasteiger partial charge in [0.15, 0.2) is 0 Å². The molecule has 19 heavy (non-hydrogen) atoms. The van der Waals surface area contributed by atoms with Gasteiger partial charge in [-0.1, -0.05) is 12.1 Å². The molecule has 5 nitrogen and oxygen atoms in total. The summed E-state index contributed by atoms with van der Waals surface area (Å²) in [6.45, 7) is 3.40. The van der Waals surface area contributed by atoms with Crippen LogP contribution < -0.4 is 5.32 Å². The quantitative estimate of drug-likeness (QED) is 0.740. The molecule has 1 aromatic rings. The van der Waals surface area contributed by atoms with Crippen LogP contribution in [-0.4, -0.2) is 41.0 Å². The SMILES string of the molecule is CC1OCCC1(O)CNCc1cccc(C(=O)O)c1. The van der Waals surface area contributed by atoms with Crippen molar-refractivity contribution in [1.82, 2.24) is 5.32 Å². The van der Waals surface area contributed by atoms with Crippen LogP contribution in [0.2, 0.25) is 0 Å². The summed E-state index contributed by atoms with van der Waals surface area (Å²) in [6.07, 6.45) is 0.446. The average molecular weight is 265 g/mol. The highest BCUT2D eigenvalue weighted by molar-refractivity contribution is 5.87. The first-order valence-electron chi connectivity index (χ1n) is 6.38. The van der Waals surface area contributed by atoms with Gasteiger partial charge in [-0.3, -0.25) is 0 Å². The van der Waals surface area contributed by atoms with Crippen molar-refractivity contribution in [2.75, 3.05) is 13.2 Å². The molecule has 0 amide bonds. The van der Waals surface area contributed by atoms with Crippen LogP contribution in [0.4, 0.5) is 0 Å². The van der Waals surface area contributed by atoms with E-state index in [1.165, 1.54) is 0 Å². The first-order valence-corrected chi connectivity index (χ1v) is 6.38. The van der Waals surface area contributed by atoms with Gasteiger partial charge in [0.1, 0.15) is 5.60 Å². The van der Waals surface area contributed by atoms with Gasteiger partial charge < -0.3 is 20.3 Å². The highest BCUT2D eigenvalue weighted by atomic mass is 16.5. The number of aromatic carboxylic acids is 1. The summed E-state index contributed by atoms with van der Waals surface area (Å²) in [5.41, 5.74) is 0.329. The van der Waals surface area contributed by atoms with Crippen LogP contribution in [0.25, 0.3) is 0 Å². The number of aliphatic hydroxyl groups is 1. The maximum Gasteiger partial charge on any atom is 0.335 e. The third-order valence-corrected chi connectivity index (χ3v) is 3.59. The normalized spacial score (nSPS) is 26.5. The second-order valence-electron chi connectivity index (χ2n) is 4.98. The lowest BCUT2D eigenvalue weighted by atomic mass is 9.96. The number of carboxylic acid groups (broad SMARTS) is 1. The van der Waals surface area contributed by atoms with Gasteiger partial charge in [-0.05, 0) is 24.6 Å². The molecule has 0 bridgehead atoms. The number of hydrogen-bond donors (Lipinski definition) is 3. The fourth-order valence-electron chi connectivity index (χ4n) is 2.24. The van der Waals surface area contributed by atoms with Gasteiger partial charge in [0, 0.05) is 26.1 Å². The molecule has 104 valence electrons. The number of nitrogens with one attached hydrogen (secondary N) is 1. The van der Waals surface area contributed by atoms with Gasteiger partial charge in [-0.2, -0.15) is 0 Å². The molecular formula is C14H19NO4. The van der Waals surface area contributed by atoms with Crippen LogP contribution in [0.5, 0.6) is 0 Å². The second-order valence-corrected chi connectivity index (χ2v) is 4.98. The zero-order chi connectivity index (χ0) is 13.9. The molecule has 2 rings (SSSR count). The fraction of sp³-hybridized carbons (Fsp3) is 0.500. The molecule has 2 unspecified atom stereocenters. The van der Waals surface area contributed by atoms with Crippen molar-refractivity contribution in [2.24, 2.45) is 0 Å². The molecule has 1 aromatic carbocycles. The van der Waals surface area contributed by atoms with Gasteiger partial charge in [-0.25, -0.2) is 4.79 Å². The number of hydrogen-bond acceptors (Lipinski definition) is 4. The molecule has 0 spiro atoms. The number of ether oxygens (including phenoxy) is 1. The molecule has 5 heteroatoms. The van der Waals surface area contributed by atoms with Gasteiger partial charge >= 0.3 is 5.97 Å². The van der Waals surface area contributed by atoms with Gasteiger partial charge in [-0.15, -0.1) is 0 Å². The highest BCUT2D eigenvalue weighted by Crippen LogP contribution is 2.24. The summed E-state index contributed by atoms with van der Waals surface area (Å²) in [4.78, 5) is 10.9. The van der Waals surface area contributed by atoms with Crippen LogP contribution >= 0.6 is 0 Å². The lowest BCUT2D eigenvalue weighted by Gasteiger charge is -2.26. The number of benzene rings is 1. The highest BCUT2D eigenvalue weighted by Gasteiger charge is 2.38. The Morgan fingerprint density at radius 2 is 2.37 bits per heavy atom. The molecule has 2 atom stereocenters. The maximum atomic E-state index is 10.9. The summed E-state index contributed by atoms with van der Waals surface area (Å²) < 4.78 is 5.35. The molecule has 0 radical (unpaired) electrons. The molecule has 1 fully saturated rings. The van der Waals surface area contributed by atoms with Crippen LogP contribution in [0, 0.1) is 0 Å². The standard InChI is InChI=1S/C14H19NO4/c1-10-14(18,5-6-19-10)9-15-8-11-3-2-4-12(7-11)13(16)17/h2-4,7,10,15,18H,5-6,8-9H2,1H3,(H,16,17). The average Bonchev–Trinajstić information content (AvgIpc) is 2.70. The Balaban J connectivity index is 1.89. The third kappa shape index (κ3) is 3.32. The molecule has 1 heterocycles. The van der Waals surface area contributed by atoms with Crippen molar-refractivity contribution in [3.05, 3.63) is 35.4 Å². The lowest BCUT2D eigenvalue weighted by Crippen LogP contribution is -2.45. The van der Waals surface area contributed by atoms with E-state index >= 15 is 0 Å². The van der Waals surface area contributed by atoms with Crippen LogP contribution in [-0.2, 0) is 11.3 Å². The molecular weight excluding hydrogens is 246 g/mol. The minimum absolute atomic E-state index is 0.176. The summed E-state index contributed by atoms with van der Waals surface area (Å²) in [5.74, 6) is -0.932. The summed E-state index contributed by atoms with van der Waals surface area (Å²) in [7, 11) is 0. The van der Waals surface area contributed by atoms with Gasteiger partial charge in [0.2, 0.25) is 0 Å². The molecule has 3 N–H and O–H groups in total. The smallest absolute Gasteiger partial charge is 0.335 e. The molecule has 1 aliphatic heterocycles. The summed E-state index contributed by atoms with van der Waals surface area (Å²) in [5, 5.41) is 22.4. The Morgan fingerprint density at radius 3 is 3.00 bits per heavy atom. The van der Waals surface area contributed by atoms with Crippen LogP contribution in [0.3, 0.4) is 0 Å². The first-order chi connectivity index (χ1) is 9.01. The van der Waals surface area contributed by atoms with E-state index < -0.39 is 11.6 Å². The van der Waals surface area contributed by atoms with Gasteiger partial charge in [0.25, 0.3) is 0 Å². The predicted molar refractivity (Wildman–Crippen MR) is 70.1 cm³/mol. The Kier molecular flexibility index (Phi) is 4.19. The molecule has 0 aromatic heterocycles. The van der Waals surface area contributed by atoms with Crippen molar-refractivity contribution in [2.45, 2.75) is 31.6 Å². The van der Waals surface area contributed by atoms with Crippen molar-refractivity contribution < 1.29 is 19.7 Å². The van der Waals surface area contributed by atoms with E-state index in [4.69, 9.17) is 9.84 Å². The van der Waals surface area contributed by atoms with Crippen molar-refractivity contribution in [1.29, 1.82) is 0 Å². The molecule has 0 saturated carbocycles. The van der Waals surface area contributed by atoms with E-state index in [1.807, 2.05) is 13.0 Å². The van der Waals surface area contributed by atoms with E-state index in [0.717, 1.165) is 5.56 Å². The maximum absolute atomic E-state index is 10.9. The van der Waals surface area contributed by atoms with E-state index in [9.17, 15) is 9.90 Å². The predicted octanol–water partition coefficient (Wildman–Crippen LogP) is 1.01. The minimum atomic E-state index is -0.932. The molecule has 1 aliphatic rings. The number of rotatable bonds is 5. The fourth-order valence-corrected chi connectivity index (χ4v) is 2.24. The van der Waals surface area contributed by atoms with Crippen LogP contribution in [0.1, 0.15) is 29.3 Å². The van der Waals surface area contributed by atoms with Gasteiger partial charge in [0.05, 0.1) is 11.7 Å². The number of carbonyl (C=O) groups is 1. The largest absolute Gasteiger partial charge is 0.478 e. The Morgan fingerprint density at radius 1 is 1.58 bits per heavy atom. The summed E-state index contributed by atoms with van der Waals surface area (Å²) >= 11 is 0. The first kappa shape index (κ1) is 14.0. The van der Waals surface area contributed by atoms with Crippen molar-refractivity contribution in [3.63, 3.8) is 0 Å². The topological polar surface area (TPSA) is 78.8 Å². The Hall–Kier alpha value is -1.43. The van der Waals surface area contributed by atoms with Crippen molar-refractivity contribution in [3.8, 4) is 0 Å². The van der Waals surface area contributed by atoms with Crippen LogP contribution in [0.15, 0.2) is 24.3 Å². The van der Waals surface area contributed by atoms with E-state index in [-0.39, 0.29) is 11.7 Å². The molecule has 1 saturated heterocycles. The van der Waals surface area contributed by atoms with E-state index in [2.05, 4.69) is 5.32 Å². The zero-order valence-corrected chi connectivity index (χ0v) is 10.9. The van der Waals surface area contributed by atoms with E-state index in [1.54, 1.807) is 18.2 Å². The van der Waals surface area contributed by atoms with Crippen molar-refractivity contribution >= 4 is 5.97 Å². The Bertz CT molecular complexity index is 463. The second kappa shape index (κ2) is 5.69. The summed E-state index contributed by atoms with van der Waals surface area (Å²) in [6, 6.07) is 6.77. The zero-order valence-electron chi connectivity index (χ0n) is 10.9. The monoisotopic (exact) mass is 265 g/mol. The Labute approximate surface area is 112 Å². The third-order valence-electron chi connectivity index (χ3n) is 3.59.